The fraction of sp³-hybridized carbons (Fsp3) is 0.143. The van der Waals surface area contributed by atoms with Crippen molar-refractivity contribution in [2.45, 2.75) is 19.5 Å². The molecule has 0 atom stereocenters. The van der Waals surface area contributed by atoms with Gasteiger partial charge in [-0.1, -0.05) is 34.8 Å². The SMILES string of the molecule is Fc1cc(N=c2scc(-c3cc(Cl)ccc3Cl)n2CCCn2ccnc2)ccc1Cl. The van der Waals surface area contributed by atoms with Crippen molar-refractivity contribution in [1.29, 1.82) is 0 Å². The van der Waals surface area contributed by atoms with E-state index in [-0.39, 0.29) is 5.02 Å². The Morgan fingerprint density at radius 3 is 2.63 bits per heavy atom. The quantitative estimate of drug-likeness (QED) is 0.297. The zero-order chi connectivity index (χ0) is 21.1. The Morgan fingerprint density at radius 2 is 1.87 bits per heavy atom. The molecule has 0 aliphatic rings. The third kappa shape index (κ3) is 4.78. The van der Waals surface area contributed by atoms with Crippen LogP contribution in [0.1, 0.15) is 6.42 Å². The van der Waals surface area contributed by atoms with Gasteiger partial charge in [0, 0.05) is 47.5 Å². The number of hydrogen-bond donors (Lipinski definition) is 0. The Kier molecular flexibility index (Phi) is 6.58. The minimum atomic E-state index is -0.501. The van der Waals surface area contributed by atoms with Crippen molar-refractivity contribution in [3.8, 4) is 11.3 Å². The molecule has 4 nitrogen and oxygen atoms in total. The monoisotopic (exact) mass is 480 g/mol. The lowest BCUT2D eigenvalue weighted by Crippen LogP contribution is -2.17. The standard InChI is InChI=1S/C21H16Cl3FN4S/c22-14-2-4-17(23)16(10-14)20-12-30-21(27-15-3-5-18(24)19(25)11-15)29(20)8-1-7-28-9-6-26-13-28/h2-6,9-13H,1,7-8H2. The molecular formula is C21H16Cl3FN4S. The molecule has 0 aliphatic heterocycles. The number of halogens is 4. The van der Waals surface area contributed by atoms with E-state index in [1.54, 1.807) is 30.7 Å². The molecule has 0 N–H and O–H groups in total. The van der Waals surface area contributed by atoms with E-state index in [1.165, 1.54) is 23.5 Å². The molecular weight excluding hydrogens is 466 g/mol. The van der Waals surface area contributed by atoms with Gasteiger partial charge in [0.2, 0.25) is 0 Å². The minimum Gasteiger partial charge on any atom is -0.337 e. The molecule has 2 heterocycles. The van der Waals surface area contributed by atoms with E-state index >= 15 is 0 Å². The van der Waals surface area contributed by atoms with E-state index in [2.05, 4.69) is 14.5 Å². The fourth-order valence-corrected chi connectivity index (χ4v) is 4.49. The number of aromatic nitrogens is 3. The Bertz CT molecular complexity index is 1230. The lowest BCUT2D eigenvalue weighted by atomic mass is 10.1. The lowest BCUT2D eigenvalue weighted by molar-refractivity contribution is 0.559. The van der Waals surface area contributed by atoms with Crippen LogP contribution in [0.2, 0.25) is 15.1 Å². The molecule has 4 rings (SSSR count). The molecule has 30 heavy (non-hydrogen) atoms. The molecule has 0 saturated heterocycles. The van der Waals surface area contributed by atoms with Crippen LogP contribution >= 0.6 is 46.1 Å². The van der Waals surface area contributed by atoms with Crippen LogP contribution in [0.15, 0.2) is 65.5 Å². The summed E-state index contributed by atoms with van der Waals surface area (Å²) in [6.45, 7) is 1.50. The van der Waals surface area contributed by atoms with Crippen LogP contribution in [0.5, 0.6) is 0 Å². The van der Waals surface area contributed by atoms with Crippen molar-refractivity contribution >= 4 is 51.8 Å². The number of hydrogen-bond acceptors (Lipinski definition) is 3. The van der Waals surface area contributed by atoms with Crippen molar-refractivity contribution in [2.75, 3.05) is 0 Å². The van der Waals surface area contributed by atoms with E-state index in [0.29, 0.717) is 22.3 Å². The number of imidazole rings is 1. The molecule has 2 aromatic carbocycles. The predicted octanol–water partition coefficient (Wildman–Crippen LogP) is 6.84. The fourth-order valence-electron chi connectivity index (χ4n) is 3.04. The van der Waals surface area contributed by atoms with Crippen molar-refractivity contribution in [3.05, 3.63) is 86.2 Å². The van der Waals surface area contributed by atoms with Gasteiger partial charge in [0.05, 0.1) is 27.8 Å². The molecule has 0 spiro atoms. The van der Waals surface area contributed by atoms with Crippen LogP contribution in [0.3, 0.4) is 0 Å². The third-order valence-corrected chi connectivity index (χ3v) is 6.22. The molecule has 0 radical (unpaired) electrons. The molecule has 0 bridgehead atoms. The maximum Gasteiger partial charge on any atom is 0.190 e. The first-order chi connectivity index (χ1) is 14.5. The Hall–Kier alpha value is -2.12. The summed E-state index contributed by atoms with van der Waals surface area (Å²) < 4.78 is 18.0. The van der Waals surface area contributed by atoms with E-state index in [0.717, 1.165) is 29.0 Å². The third-order valence-electron chi connectivity index (χ3n) is 4.49. The first-order valence-electron chi connectivity index (χ1n) is 9.10. The summed E-state index contributed by atoms with van der Waals surface area (Å²) >= 11 is 19.9. The smallest absolute Gasteiger partial charge is 0.190 e. The van der Waals surface area contributed by atoms with E-state index < -0.39 is 5.82 Å². The molecule has 0 amide bonds. The minimum absolute atomic E-state index is 0.0692. The van der Waals surface area contributed by atoms with Gasteiger partial charge in [-0.3, -0.25) is 0 Å². The first kappa shape index (κ1) is 21.1. The van der Waals surface area contributed by atoms with Crippen LogP contribution in [-0.2, 0) is 13.1 Å². The summed E-state index contributed by atoms with van der Waals surface area (Å²) in [5.41, 5.74) is 2.23. The van der Waals surface area contributed by atoms with Crippen LogP contribution in [0, 0.1) is 5.82 Å². The van der Waals surface area contributed by atoms with Gasteiger partial charge in [-0.15, -0.1) is 11.3 Å². The summed E-state index contributed by atoms with van der Waals surface area (Å²) in [4.78, 5) is 9.45. The van der Waals surface area contributed by atoms with Crippen LogP contribution < -0.4 is 4.80 Å². The van der Waals surface area contributed by atoms with Gasteiger partial charge < -0.3 is 9.13 Å². The van der Waals surface area contributed by atoms with Gasteiger partial charge in [-0.2, -0.15) is 0 Å². The largest absolute Gasteiger partial charge is 0.337 e. The maximum absolute atomic E-state index is 13.9. The zero-order valence-corrected chi connectivity index (χ0v) is 18.7. The molecule has 4 aromatic rings. The summed E-state index contributed by atoms with van der Waals surface area (Å²) in [6, 6.07) is 9.88. The second-order valence-corrected chi connectivity index (χ2v) is 8.63. The van der Waals surface area contributed by atoms with Crippen LogP contribution in [-0.4, -0.2) is 14.1 Å². The molecule has 0 unspecified atom stereocenters. The van der Waals surface area contributed by atoms with Crippen molar-refractivity contribution in [2.24, 2.45) is 4.99 Å². The topological polar surface area (TPSA) is 35.1 Å². The summed E-state index contributed by atoms with van der Waals surface area (Å²) in [5.74, 6) is -0.501. The van der Waals surface area contributed by atoms with Gasteiger partial charge in [0.1, 0.15) is 5.82 Å². The Labute approximate surface area is 191 Å². The second-order valence-electron chi connectivity index (χ2n) is 6.54. The first-order valence-corrected chi connectivity index (χ1v) is 11.1. The summed E-state index contributed by atoms with van der Waals surface area (Å²) in [7, 11) is 0. The molecule has 0 aliphatic carbocycles. The average molecular weight is 482 g/mol. The van der Waals surface area contributed by atoms with Crippen LogP contribution in [0.4, 0.5) is 10.1 Å². The van der Waals surface area contributed by atoms with Crippen LogP contribution in [0.25, 0.3) is 11.3 Å². The van der Waals surface area contributed by atoms with Gasteiger partial charge in [-0.25, -0.2) is 14.4 Å². The average Bonchev–Trinajstić information content (AvgIpc) is 3.37. The zero-order valence-electron chi connectivity index (χ0n) is 15.6. The van der Waals surface area contributed by atoms with E-state index in [4.69, 9.17) is 34.8 Å². The molecule has 0 saturated carbocycles. The molecule has 2 aromatic heterocycles. The highest BCUT2D eigenvalue weighted by Gasteiger charge is 2.12. The van der Waals surface area contributed by atoms with Gasteiger partial charge in [-0.05, 0) is 36.8 Å². The second kappa shape index (κ2) is 9.35. The van der Waals surface area contributed by atoms with Gasteiger partial charge in [0.25, 0.3) is 0 Å². The molecule has 154 valence electrons. The van der Waals surface area contributed by atoms with E-state index in [9.17, 15) is 4.39 Å². The van der Waals surface area contributed by atoms with Crippen molar-refractivity contribution < 1.29 is 4.39 Å². The number of benzene rings is 2. The lowest BCUT2D eigenvalue weighted by Gasteiger charge is -2.11. The van der Waals surface area contributed by atoms with E-state index in [1.807, 2.05) is 22.2 Å². The molecule has 0 fully saturated rings. The van der Waals surface area contributed by atoms with Gasteiger partial charge in [0.15, 0.2) is 4.80 Å². The number of rotatable bonds is 6. The maximum atomic E-state index is 13.9. The number of thiazole rings is 1. The Morgan fingerprint density at radius 1 is 1.03 bits per heavy atom. The number of aryl methyl sites for hydroxylation is 1. The highest BCUT2D eigenvalue weighted by molar-refractivity contribution is 7.07. The van der Waals surface area contributed by atoms with Crippen molar-refractivity contribution in [1.82, 2.24) is 14.1 Å². The predicted molar refractivity (Wildman–Crippen MR) is 121 cm³/mol. The summed E-state index contributed by atoms with van der Waals surface area (Å²) in [5, 5.41) is 3.26. The molecule has 9 heteroatoms. The van der Waals surface area contributed by atoms with Crippen molar-refractivity contribution in [3.63, 3.8) is 0 Å². The highest BCUT2D eigenvalue weighted by Crippen LogP contribution is 2.31. The normalized spacial score (nSPS) is 11.9. The summed E-state index contributed by atoms with van der Waals surface area (Å²) in [6.07, 6.45) is 6.31. The number of nitrogens with zero attached hydrogens (tertiary/aromatic N) is 4. The highest BCUT2D eigenvalue weighted by atomic mass is 35.5. The van der Waals surface area contributed by atoms with Gasteiger partial charge >= 0.3 is 0 Å². The Balaban J connectivity index is 1.75.